The van der Waals surface area contributed by atoms with Gasteiger partial charge < -0.3 is 14.4 Å². The zero-order valence-corrected chi connectivity index (χ0v) is 22.3. The molecule has 9 heteroatoms. The van der Waals surface area contributed by atoms with Gasteiger partial charge in [-0.25, -0.2) is 4.79 Å². The summed E-state index contributed by atoms with van der Waals surface area (Å²) in [6.07, 6.45) is 0.131. The maximum absolute atomic E-state index is 12.7. The number of aromatic nitrogens is 1. The number of carbonyl (C=O) groups excluding carboxylic acids is 1. The summed E-state index contributed by atoms with van der Waals surface area (Å²) in [4.78, 5) is 24.3. The smallest absolute Gasteiger partial charge is 0.412 e. The van der Waals surface area contributed by atoms with Gasteiger partial charge in [-0.3, -0.25) is 10.1 Å². The summed E-state index contributed by atoms with van der Waals surface area (Å²) in [6.45, 7) is 3.48. The Morgan fingerprint density at radius 2 is 1.72 bits per heavy atom. The first-order chi connectivity index (χ1) is 18.8. The minimum absolute atomic E-state index is 0.228. The Kier molecular flexibility index (Phi) is 7.43. The number of carbonyl (C=O) groups is 2. The molecular weight excluding hydrogens is 519 g/mol. The summed E-state index contributed by atoms with van der Waals surface area (Å²) in [7, 11) is 0. The van der Waals surface area contributed by atoms with Crippen LogP contribution in [0.2, 0.25) is 0 Å². The van der Waals surface area contributed by atoms with Crippen molar-refractivity contribution in [1.82, 2.24) is 5.16 Å². The van der Waals surface area contributed by atoms with Crippen molar-refractivity contribution in [2.75, 3.05) is 5.32 Å². The number of benzene rings is 3. The maximum Gasteiger partial charge on any atom is 0.412 e. The van der Waals surface area contributed by atoms with Crippen LogP contribution in [-0.2, 0) is 20.7 Å². The number of hydrogen-bond donors (Lipinski definition) is 2. The van der Waals surface area contributed by atoms with Crippen LogP contribution in [-0.4, -0.2) is 22.3 Å². The van der Waals surface area contributed by atoms with E-state index in [1.807, 2.05) is 66.7 Å². The van der Waals surface area contributed by atoms with Crippen LogP contribution < -0.4 is 5.32 Å². The number of ether oxygens (including phenoxy) is 1. The molecule has 1 atom stereocenters. The molecule has 200 valence electrons. The monoisotopic (exact) mass is 546 g/mol. The summed E-state index contributed by atoms with van der Waals surface area (Å²) in [6, 6.07) is 22.5. The van der Waals surface area contributed by atoms with Crippen LogP contribution in [0.4, 0.5) is 14.4 Å². The van der Waals surface area contributed by atoms with E-state index in [4.69, 9.17) is 9.26 Å². The highest BCUT2D eigenvalue weighted by Gasteiger charge is 2.51. The highest BCUT2D eigenvalue weighted by Crippen LogP contribution is 2.48. The fraction of sp³-hybridized carbons (Fsp3) is 0.233. The third kappa shape index (κ3) is 5.54. The molecule has 2 N–H and O–H groups in total. The molecule has 4 aromatic rings. The first-order valence-electron chi connectivity index (χ1n) is 12.5. The standard InChI is InChI=1S/C30H27FN2O5S/c1-18-26(32-29(36)37-19(2)24-5-3-4-20(16-24)17-39-31)27(38-33-18)23-8-6-21(7-9-23)22-10-12-25(13-11-22)30(14-15-30)28(34)35/h3-13,16,19H,14-15,17H2,1-2H3,(H,32,36)(H,34,35). The van der Waals surface area contributed by atoms with Gasteiger partial charge in [0.15, 0.2) is 5.76 Å². The predicted octanol–water partition coefficient (Wildman–Crippen LogP) is 7.86. The Morgan fingerprint density at radius 1 is 1.08 bits per heavy atom. The van der Waals surface area contributed by atoms with Gasteiger partial charge >= 0.3 is 12.1 Å². The minimum atomic E-state index is -0.772. The zero-order chi connectivity index (χ0) is 27.6. The van der Waals surface area contributed by atoms with Gasteiger partial charge in [-0.1, -0.05) is 78.0 Å². The second-order valence-electron chi connectivity index (χ2n) is 9.69. The number of carboxylic acids is 1. The van der Waals surface area contributed by atoms with Crippen LogP contribution in [0.3, 0.4) is 0 Å². The fourth-order valence-corrected chi connectivity index (χ4v) is 4.93. The predicted molar refractivity (Wildman–Crippen MR) is 148 cm³/mol. The number of carboxylic acid groups (broad SMARTS) is 1. The Morgan fingerprint density at radius 3 is 2.33 bits per heavy atom. The van der Waals surface area contributed by atoms with E-state index in [0.29, 0.717) is 30.0 Å². The van der Waals surface area contributed by atoms with Crippen molar-refractivity contribution in [2.45, 2.75) is 44.0 Å². The number of rotatable bonds is 9. The van der Waals surface area contributed by atoms with E-state index in [-0.39, 0.29) is 17.9 Å². The van der Waals surface area contributed by atoms with Crippen LogP contribution in [0.1, 0.15) is 48.3 Å². The van der Waals surface area contributed by atoms with Crippen LogP contribution in [0.25, 0.3) is 22.5 Å². The van der Waals surface area contributed by atoms with E-state index in [0.717, 1.165) is 33.4 Å². The molecule has 1 aliphatic carbocycles. The molecule has 1 fully saturated rings. The Balaban J connectivity index is 1.28. The van der Waals surface area contributed by atoms with E-state index in [1.165, 1.54) is 0 Å². The molecule has 0 radical (unpaired) electrons. The molecule has 3 aromatic carbocycles. The first-order valence-corrected chi connectivity index (χ1v) is 13.4. The number of nitrogens with one attached hydrogen (secondary N) is 1. The first kappa shape index (κ1) is 26.5. The highest BCUT2D eigenvalue weighted by atomic mass is 32.2. The summed E-state index contributed by atoms with van der Waals surface area (Å²) in [5.74, 6) is -0.143. The van der Waals surface area contributed by atoms with Gasteiger partial charge in [0.25, 0.3) is 0 Å². The van der Waals surface area contributed by atoms with Crippen molar-refractivity contribution in [2.24, 2.45) is 0 Å². The molecule has 1 unspecified atom stereocenters. The van der Waals surface area contributed by atoms with E-state index in [1.54, 1.807) is 19.9 Å². The van der Waals surface area contributed by atoms with Gasteiger partial charge in [0.05, 0.1) is 11.2 Å². The topological polar surface area (TPSA) is 102 Å². The lowest BCUT2D eigenvalue weighted by atomic mass is 9.93. The number of anilines is 1. The molecule has 7 nitrogen and oxygen atoms in total. The lowest BCUT2D eigenvalue weighted by molar-refractivity contribution is -0.140. The largest absolute Gasteiger partial charge is 0.481 e. The number of amides is 1. The number of hydrogen-bond acceptors (Lipinski definition) is 6. The van der Waals surface area contributed by atoms with Crippen LogP contribution >= 0.6 is 12.1 Å². The Hall–Kier alpha value is -4.11. The van der Waals surface area contributed by atoms with Crippen molar-refractivity contribution >= 4 is 29.9 Å². The molecule has 0 bridgehead atoms. The second kappa shape index (κ2) is 10.9. The van der Waals surface area contributed by atoms with Gasteiger partial charge in [-0.2, -0.15) is 3.89 Å². The molecule has 1 aromatic heterocycles. The quantitative estimate of drug-likeness (QED) is 0.220. The molecular formula is C30H27FN2O5S. The SMILES string of the molecule is Cc1noc(-c2ccc(-c3ccc(C4(C(=O)O)CC4)cc3)cc2)c1NC(=O)OC(C)c1cccc(CSF)c1. The highest BCUT2D eigenvalue weighted by molar-refractivity contribution is 7.93. The summed E-state index contributed by atoms with van der Waals surface area (Å²) >= 11 is 0.240. The minimum Gasteiger partial charge on any atom is -0.481 e. The van der Waals surface area contributed by atoms with Crippen molar-refractivity contribution in [3.8, 4) is 22.5 Å². The van der Waals surface area contributed by atoms with Crippen molar-refractivity contribution in [1.29, 1.82) is 0 Å². The van der Waals surface area contributed by atoms with Crippen LogP contribution in [0, 0.1) is 6.92 Å². The third-order valence-electron chi connectivity index (χ3n) is 7.09. The third-order valence-corrected chi connectivity index (χ3v) is 7.54. The summed E-state index contributed by atoms with van der Waals surface area (Å²) in [5.41, 5.74) is 5.22. The van der Waals surface area contributed by atoms with Crippen molar-refractivity contribution in [3.05, 3.63) is 95.2 Å². The van der Waals surface area contributed by atoms with Gasteiger partial charge in [0.2, 0.25) is 0 Å². The zero-order valence-electron chi connectivity index (χ0n) is 21.4. The maximum atomic E-state index is 12.7. The molecule has 5 rings (SSSR count). The Bertz CT molecular complexity index is 1500. The number of aryl methyl sites for hydroxylation is 1. The molecule has 0 aliphatic heterocycles. The summed E-state index contributed by atoms with van der Waals surface area (Å²) in [5, 5.41) is 16.3. The van der Waals surface area contributed by atoms with E-state index >= 15 is 0 Å². The van der Waals surface area contributed by atoms with Gasteiger partial charge in [0.1, 0.15) is 17.5 Å². The molecule has 0 spiro atoms. The second-order valence-corrected chi connectivity index (χ2v) is 10.2. The molecule has 1 saturated carbocycles. The van der Waals surface area contributed by atoms with Gasteiger partial charge in [-0.15, -0.1) is 0 Å². The molecule has 1 heterocycles. The molecule has 1 amide bonds. The average Bonchev–Trinajstić information content (AvgIpc) is 3.68. The fourth-order valence-electron chi connectivity index (χ4n) is 4.62. The molecule has 39 heavy (non-hydrogen) atoms. The van der Waals surface area contributed by atoms with Crippen molar-refractivity contribution in [3.63, 3.8) is 0 Å². The van der Waals surface area contributed by atoms with Gasteiger partial charge in [0, 0.05) is 17.7 Å². The van der Waals surface area contributed by atoms with Crippen molar-refractivity contribution < 1.29 is 27.8 Å². The van der Waals surface area contributed by atoms with Gasteiger partial charge in [-0.05, 0) is 54.5 Å². The van der Waals surface area contributed by atoms with Crippen LogP contribution in [0.5, 0.6) is 0 Å². The Labute approximate surface area is 229 Å². The number of aliphatic carboxylic acids is 1. The average molecular weight is 547 g/mol. The molecule has 0 saturated heterocycles. The number of halogens is 1. The lowest BCUT2D eigenvalue weighted by Crippen LogP contribution is -2.19. The molecule has 1 aliphatic rings. The normalized spacial score (nSPS) is 14.4. The summed E-state index contributed by atoms with van der Waals surface area (Å²) < 4.78 is 23.7. The van der Waals surface area contributed by atoms with Crippen LogP contribution in [0.15, 0.2) is 77.3 Å². The van der Waals surface area contributed by atoms with E-state index < -0.39 is 23.6 Å². The number of nitrogens with zero attached hydrogens (tertiary/aromatic N) is 1. The lowest BCUT2D eigenvalue weighted by Gasteiger charge is -2.15. The van der Waals surface area contributed by atoms with E-state index in [9.17, 15) is 18.6 Å². The van der Waals surface area contributed by atoms with E-state index in [2.05, 4.69) is 10.5 Å².